The van der Waals surface area contributed by atoms with E-state index >= 15 is 0 Å². The summed E-state index contributed by atoms with van der Waals surface area (Å²) >= 11 is 12.1. The van der Waals surface area contributed by atoms with Crippen LogP contribution in [-0.4, -0.2) is 11.5 Å². The fourth-order valence-corrected chi connectivity index (χ4v) is 4.74. The van der Waals surface area contributed by atoms with Gasteiger partial charge in [0, 0.05) is 21.0 Å². The quantitative estimate of drug-likeness (QED) is 0.752. The Morgan fingerprint density at radius 2 is 2.00 bits per heavy atom. The number of hydrogen-bond acceptors (Lipinski definition) is 3. The van der Waals surface area contributed by atoms with Crippen LogP contribution in [0.2, 0.25) is 10.0 Å². The summed E-state index contributed by atoms with van der Waals surface area (Å²) in [6, 6.07) is 5.11. The van der Waals surface area contributed by atoms with Crippen molar-refractivity contribution < 1.29 is 18.5 Å². The average Bonchev–Trinajstić information content (AvgIpc) is 2.83. The summed E-state index contributed by atoms with van der Waals surface area (Å²) in [6.45, 7) is 0.227. The highest BCUT2D eigenvalue weighted by atomic mass is 35.5. The minimum absolute atomic E-state index is 0.227. The molecule has 1 saturated carbocycles. The maximum Gasteiger partial charge on any atom is 0.472 e. The van der Waals surface area contributed by atoms with Gasteiger partial charge >= 0.3 is 7.82 Å². The van der Waals surface area contributed by atoms with Gasteiger partial charge in [-0.15, -0.1) is 0 Å². The maximum absolute atomic E-state index is 11.8. The van der Waals surface area contributed by atoms with Crippen LogP contribution in [0.5, 0.6) is 0 Å². The fourth-order valence-electron chi connectivity index (χ4n) is 3.15. The first kappa shape index (κ1) is 14.8. The zero-order valence-corrected chi connectivity index (χ0v) is 13.1. The highest BCUT2D eigenvalue weighted by Gasteiger charge is 2.51. The zero-order chi connectivity index (χ0) is 14.4. The second-order valence-electron chi connectivity index (χ2n) is 5.46. The Kier molecular flexibility index (Phi) is 3.91. The summed E-state index contributed by atoms with van der Waals surface area (Å²) < 4.78 is 22.2. The molecular formula is C13H15Cl2O4P. The van der Waals surface area contributed by atoms with Crippen LogP contribution in [0.25, 0.3) is 0 Å². The molecule has 0 aromatic heterocycles. The van der Waals surface area contributed by atoms with Crippen LogP contribution in [0.15, 0.2) is 18.2 Å². The van der Waals surface area contributed by atoms with Crippen molar-refractivity contribution in [1.82, 2.24) is 0 Å². The largest absolute Gasteiger partial charge is 0.472 e. The molecule has 1 aliphatic heterocycles. The van der Waals surface area contributed by atoms with Crippen LogP contribution in [-0.2, 0) is 13.6 Å². The van der Waals surface area contributed by atoms with Gasteiger partial charge in [0.2, 0.25) is 0 Å². The van der Waals surface area contributed by atoms with E-state index < -0.39 is 13.9 Å². The minimum atomic E-state index is -4.01. The molecule has 110 valence electrons. The third kappa shape index (κ3) is 2.66. The summed E-state index contributed by atoms with van der Waals surface area (Å²) in [4.78, 5) is 9.64. The summed E-state index contributed by atoms with van der Waals surface area (Å²) in [5.41, 5.74) is 0.434. The predicted octanol–water partition coefficient (Wildman–Crippen LogP) is 4.74. The summed E-state index contributed by atoms with van der Waals surface area (Å²) in [7, 11) is -4.01. The van der Waals surface area contributed by atoms with E-state index in [4.69, 9.17) is 32.2 Å². The van der Waals surface area contributed by atoms with Gasteiger partial charge in [-0.25, -0.2) is 4.57 Å². The monoisotopic (exact) mass is 336 g/mol. The molecule has 3 rings (SSSR count). The van der Waals surface area contributed by atoms with Gasteiger partial charge in [0.05, 0.1) is 6.61 Å². The molecule has 0 bridgehead atoms. The van der Waals surface area contributed by atoms with Gasteiger partial charge < -0.3 is 4.89 Å². The van der Waals surface area contributed by atoms with Crippen molar-refractivity contribution in [3.8, 4) is 0 Å². The van der Waals surface area contributed by atoms with E-state index in [1.54, 1.807) is 18.2 Å². The minimum Gasteiger partial charge on any atom is -0.302 e. The molecule has 2 unspecified atom stereocenters. The lowest BCUT2D eigenvalue weighted by Crippen LogP contribution is -2.36. The molecule has 7 heteroatoms. The number of rotatable bonds is 1. The molecule has 2 aliphatic rings. The Morgan fingerprint density at radius 3 is 2.65 bits per heavy atom. The van der Waals surface area contributed by atoms with Crippen molar-refractivity contribution in [2.24, 2.45) is 5.41 Å². The topological polar surface area (TPSA) is 55.8 Å². The van der Waals surface area contributed by atoms with Gasteiger partial charge in [0.1, 0.15) is 6.10 Å². The summed E-state index contributed by atoms with van der Waals surface area (Å²) in [5.74, 6) is 0. The molecule has 1 aliphatic carbocycles. The Balaban J connectivity index is 2.03. The van der Waals surface area contributed by atoms with E-state index in [1.807, 2.05) is 0 Å². The van der Waals surface area contributed by atoms with Crippen molar-refractivity contribution in [3.05, 3.63) is 33.8 Å². The van der Waals surface area contributed by atoms with Gasteiger partial charge in [0.15, 0.2) is 0 Å². The highest BCUT2D eigenvalue weighted by Crippen LogP contribution is 2.63. The first-order valence-corrected chi connectivity index (χ1v) is 8.78. The molecule has 1 aromatic carbocycles. The lowest BCUT2D eigenvalue weighted by atomic mass is 9.78. The van der Waals surface area contributed by atoms with E-state index in [-0.39, 0.29) is 12.0 Å². The second kappa shape index (κ2) is 5.28. The standard InChI is InChI=1S/C13H15Cl2O4P/c14-9-3-4-10(11(15)7-9)12-13(5-1-2-6-13)8-18-20(16,17)19-12/h3-4,7,12H,1-2,5-6,8H2,(H,16,17). The van der Waals surface area contributed by atoms with Crippen molar-refractivity contribution in [1.29, 1.82) is 0 Å². The summed E-state index contributed by atoms with van der Waals surface area (Å²) in [5, 5.41) is 0.981. The molecule has 2 atom stereocenters. The van der Waals surface area contributed by atoms with Crippen molar-refractivity contribution in [2.45, 2.75) is 31.8 Å². The van der Waals surface area contributed by atoms with Crippen molar-refractivity contribution >= 4 is 31.0 Å². The van der Waals surface area contributed by atoms with Crippen LogP contribution in [0.4, 0.5) is 0 Å². The number of phosphoric acid groups is 1. The molecular weight excluding hydrogens is 322 g/mol. The van der Waals surface area contributed by atoms with E-state index in [1.165, 1.54) is 0 Å². The number of hydrogen-bond donors (Lipinski definition) is 1. The first-order chi connectivity index (χ1) is 9.42. The van der Waals surface area contributed by atoms with Crippen molar-refractivity contribution in [2.75, 3.05) is 6.61 Å². The second-order valence-corrected chi connectivity index (χ2v) is 7.71. The molecule has 2 fully saturated rings. The highest BCUT2D eigenvalue weighted by molar-refractivity contribution is 7.47. The Bertz CT molecular complexity index is 571. The number of benzene rings is 1. The molecule has 1 spiro atoms. The molecule has 20 heavy (non-hydrogen) atoms. The third-order valence-corrected chi connectivity index (χ3v) is 5.65. The van der Waals surface area contributed by atoms with Gasteiger partial charge in [0.25, 0.3) is 0 Å². The predicted molar refractivity (Wildman–Crippen MR) is 77.0 cm³/mol. The molecule has 1 heterocycles. The smallest absolute Gasteiger partial charge is 0.302 e. The first-order valence-electron chi connectivity index (χ1n) is 6.53. The lowest BCUT2D eigenvalue weighted by molar-refractivity contribution is -0.0634. The fraction of sp³-hybridized carbons (Fsp3) is 0.538. The van der Waals surface area contributed by atoms with E-state index in [0.717, 1.165) is 25.7 Å². The zero-order valence-electron chi connectivity index (χ0n) is 10.7. The van der Waals surface area contributed by atoms with Crippen molar-refractivity contribution in [3.63, 3.8) is 0 Å². The SMILES string of the molecule is O=P1(O)OCC2(CCCC2)C(c2ccc(Cl)cc2Cl)O1. The third-order valence-electron chi connectivity index (χ3n) is 4.15. The number of halogens is 2. The number of phosphoric ester groups is 1. The molecule has 1 aromatic rings. The van der Waals surface area contributed by atoms with Crippen LogP contribution < -0.4 is 0 Å². The van der Waals surface area contributed by atoms with Gasteiger partial charge in [-0.1, -0.05) is 42.1 Å². The molecule has 4 nitrogen and oxygen atoms in total. The Labute approximate surface area is 127 Å². The van der Waals surface area contributed by atoms with E-state index in [2.05, 4.69) is 0 Å². The molecule has 1 saturated heterocycles. The van der Waals surface area contributed by atoms with Gasteiger partial charge in [-0.2, -0.15) is 0 Å². The normalized spacial score (nSPS) is 32.6. The van der Waals surface area contributed by atoms with Crippen LogP contribution >= 0.6 is 31.0 Å². The molecule has 0 amide bonds. The van der Waals surface area contributed by atoms with E-state index in [0.29, 0.717) is 15.6 Å². The van der Waals surface area contributed by atoms with Crippen LogP contribution in [0.1, 0.15) is 37.4 Å². The van der Waals surface area contributed by atoms with Crippen LogP contribution in [0, 0.1) is 5.41 Å². The average molecular weight is 337 g/mol. The summed E-state index contributed by atoms with van der Waals surface area (Å²) in [6.07, 6.45) is 3.39. The van der Waals surface area contributed by atoms with Crippen LogP contribution in [0.3, 0.4) is 0 Å². The van der Waals surface area contributed by atoms with Gasteiger partial charge in [-0.05, 0) is 25.0 Å². The lowest BCUT2D eigenvalue weighted by Gasteiger charge is -2.42. The Hall–Kier alpha value is -0.0900. The Morgan fingerprint density at radius 1 is 1.30 bits per heavy atom. The van der Waals surface area contributed by atoms with Gasteiger partial charge in [-0.3, -0.25) is 9.05 Å². The van der Waals surface area contributed by atoms with E-state index in [9.17, 15) is 9.46 Å². The molecule has 0 radical (unpaired) electrons. The maximum atomic E-state index is 11.8. The molecule has 1 N–H and O–H groups in total.